The zero-order chi connectivity index (χ0) is 18.4. The van der Waals surface area contributed by atoms with E-state index in [1.165, 1.54) is 0 Å². The highest BCUT2D eigenvalue weighted by molar-refractivity contribution is 6.30. The van der Waals surface area contributed by atoms with Gasteiger partial charge in [0, 0.05) is 37.4 Å². The first-order valence-electron chi connectivity index (χ1n) is 8.20. The minimum Gasteiger partial charge on any atom is -0.444 e. The highest BCUT2D eigenvalue weighted by Gasteiger charge is 2.27. The number of halogens is 1. The van der Waals surface area contributed by atoms with Crippen molar-refractivity contribution in [1.82, 2.24) is 15.1 Å². The molecule has 1 heterocycles. The molecule has 1 aromatic carbocycles. The number of piperazine rings is 1. The summed E-state index contributed by atoms with van der Waals surface area (Å²) < 4.78 is 5.34. The van der Waals surface area contributed by atoms with Gasteiger partial charge in [-0.3, -0.25) is 0 Å². The van der Waals surface area contributed by atoms with E-state index in [0.29, 0.717) is 31.2 Å². The molecule has 2 rings (SSSR count). The second-order valence-electron chi connectivity index (χ2n) is 6.79. The SMILES string of the molecule is CC(C)(C)OC(=O)N1CCN(C(=O)N/C=C/c2cccc(Cl)c2)CC1. The van der Waals surface area contributed by atoms with Crippen molar-refractivity contribution in [3.05, 3.63) is 41.1 Å². The maximum atomic E-state index is 12.2. The second-order valence-corrected chi connectivity index (χ2v) is 7.23. The van der Waals surface area contributed by atoms with E-state index >= 15 is 0 Å². The summed E-state index contributed by atoms with van der Waals surface area (Å²) in [5, 5.41) is 3.38. The Morgan fingerprint density at radius 2 is 1.80 bits per heavy atom. The zero-order valence-corrected chi connectivity index (χ0v) is 15.5. The molecule has 0 spiro atoms. The molecule has 0 unspecified atom stereocenters. The number of ether oxygens (including phenoxy) is 1. The van der Waals surface area contributed by atoms with E-state index in [4.69, 9.17) is 16.3 Å². The molecule has 0 bridgehead atoms. The van der Waals surface area contributed by atoms with Crippen molar-refractivity contribution in [2.24, 2.45) is 0 Å². The third-order valence-corrected chi connectivity index (χ3v) is 3.78. The van der Waals surface area contributed by atoms with Gasteiger partial charge in [0.1, 0.15) is 5.60 Å². The predicted molar refractivity (Wildman–Crippen MR) is 98.4 cm³/mol. The van der Waals surface area contributed by atoms with E-state index in [9.17, 15) is 9.59 Å². The number of carbonyl (C=O) groups excluding carboxylic acids is 2. The summed E-state index contributed by atoms with van der Waals surface area (Å²) in [5.74, 6) is 0. The first-order chi connectivity index (χ1) is 11.7. The second kappa shape index (κ2) is 8.25. The van der Waals surface area contributed by atoms with Crippen LogP contribution in [0, 0.1) is 0 Å². The molecule has 1 saturated heterocycles. The molecule has 0 radical (unpaired) electrons. The fourth-order valence-electron chi connectivity index (χ4n) is 2.33. The van der Waals surface area contributed by atoms with Gasteiger partial charge >= 0.3 is 12.1 Å². The summed E-state index contributed by atoms with van der Waals surface area (Å²) in [6.07, 6.45) is 3.03. The van der Waals surface area contributed by atoms with E-state index in [1.54, 1.807) is 28.1 Å². The van der Waals surface area contributed by atoms with Crippen LogP contribution in [0.25, 0.3) is 6.08 Å². The number of rotatable bonds is 2. The van der Waals surface area contributed by atoms with Crippen LogP contribution in [0.15, 0.2) is 30.5 Å². The predicted octanol–water partition coefficient (Wildman–Crippen LogP) is 3.57. The highest BCUT2D eigenvalue weighted by Crippen LogP contribution is 2.13. The molecule has 1 fully saturated rings. The molecule has 0 aliphatic carbocycles. The van der Waals surface area contributed by atoms with Crippen molar-refractivity contribution >= 4 is 29.8 Å². The van der Waals surface area contributed by atoms with Gasteiger partial charge in [-0.2, -0.15) is 0 Å². The molecular formula is C18H24ClN3O3. The Hall–Kier alpha value is -2.21. The van der Waals surface area contributed by atoms with Gasteiger partial charge in [-0.1, -0.05) is 23.7 Å². The molecule has 7 heteroatoms. The summed E-state index contributed by atoms with van der Waals surface area (Å²) in [5.41, 5.74) is 0.388. The highest BCUT2D eigenvalue weighted by atomic mass is 35.5. The van der Waals surface area contributed by atoms with E-state index in [0.717, 1.165) is 5.56 Å². The van der Waals surface area contributed by atoms with Gasteiger partial charge < -0.3 is 19.9 Å². The molecule has 25 heavy (non-hydrogen) atoms. The lowest BCUT2D eigenvalue weighted by atomic mass is 10.2. The van der Waals surface area contributed by atoms with Crippen LogP contribution in [0.1, 0.15) is 26.3 Å². The molecule has 136 valence electrons. The number of hydrogen-bond acceptors (Lipinski definition) is 3. The summed E-state index contributed by atoms with van der Waals surface area (Å²) in [6.45, 7) is 7.36. The smallest absolute Gasteiger partial charge is 0.410 e. The fourth-order valence-corrected chi connectivity index (χ4v) is 2.53. The lowest BCUT2D eigenvalue weighted by Crippen LogP contribution is -2.53. The summed E-state index contributed by atoms with van der Waals surface area (Å²) in [4.78, 5) is 27.5. The molecule has 6 nitrogen and oxygen atoms in total. The average molecular weight is 366 g/mol. The standard InChI is InChI=1S/C18H24ClN3O3/c1-18(2,3)25-17(24)22-11-9-21(10-12-22)16(23)20-8-7-14-5-4-6-15(19)13-14/h4-8,13H,9-12H2,1-3H3,(H,20,23)/b8-7+. The van der Waals surface area contributed by atoms with Gasteiger partial charge in [-0.25, -0.2) is 9.59 Å². The van der Waals surface area contributed by atoms with Crippen LogP contribution in [0.4, 0.5) is 9.59 Å². The van der Waals surface area contributed by atoms with Crippen LogP contribution in [-0.2, 0) is 4.74 Å². The number of nitrogens with zero attached hydrogens (tertiary/aromatic N) is 2. The zero-order valence-electron chi connectivity index (χ0n) is 14.8. The minimum atomic E-state index is -0.517. The Labute approximate surface area is 153 Å². The lowest BCUT2D eigenvalue weighted by molar-refractivity contribution is 0.0171. The van der Waals surface area contributed by atoms with Crippen molar-refractivity contribution in [2.75, 3.05) is 26.2 Å². The number of carbonyl (C=O) groups is 2. The van der Waals surface area contributed by atoms with Crippen molar-refractivity contribution in [2.45, 2.75) is 26.4 Å². The van der Waals surface area contributed by atoms with Crippen LogP contribution in [0.2, 0.25) is 5.02 Å². The van der Waals surface area contributed by atoms with E-state index in [2.05, 4.69) is 5.32 Å². The van der Waals surface area contributed by atoms with Gasteiger partial charge in [-0.15, -0.1) is 0 Å². The summed E-state index contributed by atoms with van der Waals surface area (Å²) in [6, 6.07) is 7.15. The molecule has 1 aromatic rings. The number of benzene rings is 1. The Morgan fingerprint density at radius 1 is 1.16 bits per heavy atom. The lowest BCUT2D eigenvalue weighted by Gasteiger charge is -2.35. The maximum absolute atomic E-state index is 12.2. The summed E-state index contributed by atoms with van der Waals surface area (Å²) >= 11 is 5.92. The van der Waals surface area contributed by atoms with Crippen LogP contribution in [-0.4, -0.2) is 53.7 Å². The van der Waals surface area contributed by atoms with Gasteiger partial charge in [0.25, 0.3) is 0 Å². The number of hydrogen-bond donors (Lipinski definition) is 1. The molecule has 1 N–H and O–H groups in total. The van der Waals surface area contributed by atoms with Gasteiger partial charge in [0.2, 0.25) is 0 Å². The Balaban J connectivity index is 1.78. The molecule has 0 aromatic heterocycles. The quantitative estimate of drug-likeness (QED) is 0.871. The van der Waals surface area contributed by atoms with Crippen LogP contribution in [0.3, 0.4) is 0 Å². The molecular weight excluding hydrogens is 342 g/mol. The van der Waals surface area contributed by atoms with E-state index in [1.807, 2.05) is 39.0 Å². The largest absolute Gasteiger partial charge is 0.444 e. The normalized spacial score (nSPS) is 15.4. The number of nitrogens with one attached hydrogen (secondary N) is 1. The van der Waals surface area contributed by atoms with Crippen LogP contribution in [0.5, 0.6) is 0 Å². The van der Waals surface area contributed by atoms with Gasteiger partial charge in [0.05, 0.1) is 0 Å². The first-order valence-corrected chi connectivity index (χ1v) is 8.58. The first kappa shape index (κ1) is 19.1. The fraction of sp³-hybridized carbons (Fsp3) is 0.444. The van der Waals surface area contributed by atoms with Crippen molar-refractivity contribution < 1.29 is 14.3 Å². The van der Waals surface area contributed by atoms with Crippen molar-refractivity contribution in [3.63, 3.8) is 0 Å². The average Bonchev–Trinajstić information content (AvgIpc) is 2.53. The van der Waals surface area contributed by atoms with Crippen molar-refractivity contribution in [1.29, 1.82) is 0 Å². The Morgan fingerprint density at radius 3 is 2.40 bits per heavy atom. The molecule has 1 aliphatic heterocycles. The van der Waals surface area contributed by atoms with Gasteiger partial charge in [-0.05, 0) is 44.5 Å². The maximum Gasteiger partial charge on any atom is 0.410 e. The van der Waals surface area contributed by atoms with E-state index < -0.39 is 5.60 Å². The molecule has 3 amide bonds. The third-order valence-electron chi connectivity index (χ3n) is 3.55. The van der Waals surface area contributed by atoms with Gasteiger partial charge in [0.15, 0.2) is 0 Å². The minimum absolute atomic E-state index is 0.192. The van der Waals surface area contributed by atoms with Crippen LogP contribution < -0.4 is 5.32 Å². The third kappa shape index (κ3) is 6.31. The summed E-state index contributed by atoms with van der Waals surface area (Å²) in [7, 11) is 0. The van der Waals surface area contributed by atoms with Crippen LogP contribution >= 0.6 is 11.6 Å². The molecule has 0 saturated carbocycles. The molecule has 0 atom stereocenters. The number of amides is 3. The Bertz CT molecular complexity index is 647. The van der Waals surface area contributed by atoms with E-state index in [-0.39, 0.29) is 12.1 Å². The molecule has 1 aliphatic rings. The monoisotopic (exact) mass is 365 g/mol. The Kier molecular flexibility index (Phi) is 6.31. The van der Waals surface area contributed by atoms with Crippen molar-refractivity contribution in [3.8, 4) is 0 Å². The number of urea groups is 1. The topological polar surface area (TPSA) is 61.9 Å².